The van der Waals surface area contributed by atoms with Crippen molar-refractivity contribution < 1.29 is 14.3 Å². The van der Waals surface area contributed by atoms with Gasteiger partial charge in [-0.25, -0.2) is 0 Å². The van der Waals surface area contributed by atoms with Crippen molar-refractivity contribution in [3.05, 3.63) is 41.6 Å². The minimum atomic E-state index is -0.254. The number of methoxy groups -OCH3 is 2. The number of aromatic nitrogens is 2. The average Bonchev–Trinajstić information content (AvgIpc) is 3.20. The highest BCUT2D eigenvalue weighted by Crippen LogP contribution is 2.27. The fourth-order valence-electron chi connectivity index (χ4n) is 2.82. The molecule has 0 spiro atoms. The predicted octanol–water partition coefficient (Wildman–Crippen LogP) is 2.02. The molecule has 0 bridgehead atoms. The first-order valence-electron chi connectivity index (χ1n) is 8.29. The van der Waals surface area contributed by atoms with Gasteiger partial charge in [-0.3, -0.25) is 4.79 Å². The summed E-state index contributed by atoms with van der Waals surface area (Å²) in [5.41, 5.74) is 1.22. The number of rotatable bonds is 6. The molecule has 0 aliphatic carbocycles. The van der Waals surface area contributed by atoms with E-state index in [1.807, 2.05) is 24.3 Å². The Balaban J connectivity index is 1.60. The minimum Gasteiger partial charge on any atom is -0.493 e. The van der Waals surface area contributed by atoms with Crippen LogP contribution in [0, 0.1) is 0 Å². The lowest BCUT2D eigenvalue weighted by atomic mass is 10.2. The molecule has 25 heavy (non-hydrogen) atoms. The van der Waals surface area contributed by atoms with Gasteiger partial charge in [0.25, 0.3) is 5.91 Å². The molecule has 1 fully saturated rings. The van der Waals surface area contributed by atoms with Crippen molar-refractivity contribution in [1.29, 1.82) is 0 Å². The molecule has 3 rings (SSSR count). The second-order valence-corrected chi connectivity index (χ2v) is 5.84. The van der Waals surface area contributed by atoms with Crippen LogP contribution in [0.3, 0.4) is 0 Å². The van der Waals surface area contributed by atoms with Crippen LogP contribution in [0.15, 0.2) is 30.3 Å². The SMILES string of the molecule is COc1ccc(CNC(=O)c2ccc(N3CCCC3)nn2)cc1OC. The maximum Gasteiger partial charge on any atom is 0.272 e. The summed E-state index contributed by atoms with van der Waals surface area (Å²) in [5, 5.41) is 11.1. The van der Waals surface area contributed by atoms with E-state index in [1.54, 1.807) is 20.3 Å². The number of amides is 1. The molecule has 0 unspecified atom stereocenters. The van der Waals surface area contributed by atoms with Crippen LogP contribution in [0.1, 0.15) is 28.9 Å². The van der Waals surface area contributed by atoms with E-state index >= 15 is 0 Å². The van der Waals surface area contributed by atoms with Crippen molar-refractivity contribution in [3.8, 4) is 11.5 Å². The van der Waals surface area contributed by atoms with E-state index in [2.05, 4.69) is 20.4 Å². The second-order valence-electron chi connectivity index (χ2n) is 5.84. The lowest BCUT2D eigenvalue weighted by Gasteiger charge is -2.15. The molecule has 2 heterocycles. The Labute approximate surface area is 147 Å². The highest BCUT2D eigenvalue weighted by Gasteiger charge is 2.15. The number of anilines is 1. The molecule has 1 aromatic carbocycles. The Morgan fingerprint density at radius 1 is 1.08 bits per heavy atom. The van der Waals surface area contributed by atoms with E-state index < -0.39 is 0 Å². The molecule has 1 aliphatic rings. The van der Waals surface area contributed by atoms with Crippen molar-refractivity contribution in [2.45, 2.75) is 19.4 Å². The van der Waals surface area contributed by atoms with Gasteiger partial charge in [0.15, 0.2) is 23.0 Å². The molecule has 7 nitrogen and oxygen atoms in total. The Morgan fingerprint density at radius 2 is 1.84 bits per heavy atom. The van der Waals surface area contributed by atoms with Crippen molar-refractivity contribution in [1.82, 2.24) is 15.5 Å². The highest BCUT2D eigenvalue weighted by molar-refractivity contribution is 5.92. The van der Waals surface area contributed by atoms with Crippen molar-refractivity contribution in [2.24, 2.45) is 0 Å². The summed E-state index contributed by atoms with van der Waals surface area (Å²) in [6.07, 6.45) is 2.35. The van der Waals surface area contributed by atoms with Crippen LogP contribution in [0.4, 0.5) is 5.82 Å². The number of nitrogens with zero attached hydrogens (tertiary/aromatic N) is 3. The number of hydrogen-bond donors (Lipinski definition) is 1. The number of benzene rings is 1. The molecule has 2 aromatic rings. The van der Waals surface area contributed by atoms with Crippen LogP contribution in [-0.2, 0) is 6.54 Å². The maximum absolute atomic E-state index is 12.2. The molecule has 0 saturated carbocycles. The molecule has 7 heteroatoms. The van der Waals surface area contributed by atoms with Crippen LogP contribution in [-0.4, -0.2) is 43.4 Å². The van der Waals surface area contributed by atoms with Gasteiger partial charge in [0.2, 0.25) is 0 Å². The third-order valence-electron chi connectivity index (χ3n) is 4.21. The van der Waals surface area contributed by atoms with Crippen molar-refractivity contribution in [3.63, 3.8) is 0 Å². The fraction of sp³-hybridized carbons (Fsp3) is 0.389. The van der Waals surface area contributed by atoms with E-state index in [1.165, 1.54) is 12.8 Å². The first-order chi connectivity index (χ1) is 12.2. The Hall–Kier alpha value is -2.83. The fourth-order valence-corrected chi connectivity index (χ4v) is 2.82. The normalized spacial score (nSPS) is 13.6. The Bertz CT molecular complexity index is 728. The zero-order valence-corrected chi connectivity index (χ0v) is 14.5. The van der Waals surface area contributed by atoms with Crippen LogP contribution >= 0.6 is 0 Å². The third-order valence-corrected chi connectivity index (χ3v) is 4.21. The quantitative estimate of drug-likeness (QED) is 0.865. The van der Waals surface area contributed by atoms with E-state index in [0.717, 1.165) is 24.5 Å². The predicted molar refractivity (Wildman–Crippen MR) is 94.2 cm³/mol. The summed E-state index contributed by atoms with van der Waals surface area (Å²) < 4.78 is 10.5. The van der Waals surface area contributed by atoms with Crippen molar-refractivity contribution >= 4 is 11.7 Å². The van der Waals surface area contributed by atoms with E-state index in [9.17, 15) is 4.79 Å². The molecule has 1 N–H and O–H groups in total. The van der Waals surface area contributed by atoms with Gasteiger partial charge >= 0.3 is 0 Å². The standard InChI is InChI=1S/C18H22N4O3/c1-24-15-7-5-13(11-16(15)25-2)12-19-18(23)14-6-8-17(21-20-14)22-9-3-4-10-22/h5-8,11H,3-4,9-10,12H2,1-2H3,(H,19,23). The van der Waals surface area contributed by atoms with Gasteiger partial charge in [0.1, 0.15) is 0 Å². The molecule has 1 saturated heterocycles. The van der Waals surface area contributed by atoms with Crippen LogP contribution in [0.25, 0.3) is 0 Å². The van der Waals surface area contributed by atoms with Crippen LogP contribution in [0.5, 0.6) is 11.5 Å². The summed E-state index contributed by atoms with van der Waals surface area (Å²) in [6, 6.07) is 9.09. The lowest BCUT2D eigenvalue weighted by molar-refractivity contribution is 0.0945. The minimum absolute atomic E-state index is 0.254. The summed E-state index contributed by atoms with van der Waals surface area (Å²) in [6.45, 7) is 2.37. The third kappa shape index (κ3) is 3.99. The topological polar surface area (TPSA) is 76.6 Å². The molecule has 1 aliphatic heterocycles. The molecule has 0 atom stereocenters. The maximum atomic E-state index is 12.2. The summed E-state index contributed by atoms with van der Waals surface area (Å²) in [5.74, 6) is 1.86. The summed E-state index contributed by atoms with van der Waals surface area (Å²) in [4.78, 5) is 14.4. The van der Waals surface area contributed by atoms with E-state index in [0.29, 0.717) is 23.7 Å². The van der Waals surface area contributed by atoms with Gasteiger partial charge in [0.05, 0.1) is 14.2 Å². The smallest absolute Gasteiger partial charge is 0.272 e. The average molecular weight is 342 g/mol. The molecular weight excluding hydrogens is 320 g/mol. The number of ether oxygens (including phenoxy) is 2. The van der Waals surface area contributed by atoms with Gasteiger partial charge in [-0.2, -0.15) is 0 Å². The molecular formula is C18H22N4O3. The molecule has 132 valence electrons. The number of nitrogens with one attached hydrogen (secondary N) is 1. The number of hydrogen-bond acceptors (Lipinski definition) is 6. The van der Waals surface area contributed by atoms with E-state index in [4.69, 9.17) is 9.47 Å². The zero-order valence-electron chi connectivity index (χ0n) is 14.5. The van der Waals surface area contributed by atoms with Gasteiger partial charge in [-0.05, 0) is 42.7 Å². The van der Waals surface area contributed by atoms with Crippen LogP contribution < -0.4 is 19.7 Å². The van der Waals surface area contributed by atoms with E-state index in [-0.39, 0.29) is 5.91 Å². The summed E-state index contributed by atoms with van der Waals surface area (Å²) >= 11 is 0. The highest BCUT2D eigenvalue weighted by atomic mass is 16.5. The monoisotopic (exact) mass is 342 g/mol. The largest absolute Gasteiger partial charge is 0.493 e. The molecule has 0 radical (unpaired) electrons. The van der Waals surface area contributed by atoms with Crippen LogP contribution in [0.2, 0.25) is 0 Å². The van der Waals surface area contributed by atoms with Crippen molar-refractivity contribution in [2.75, 3.05) is 32.2 Å². The van der Waals surface area contributed by atoms with Gasteiger partial charge in [-0.15, -0.1) is 10.2 Å². The molecule has 1 aromatic heterocycles. The zero-order chi connectivity index (χ0) is 17.6. The first-order valence-corrected chi connectivity index (χ1v) is 8.29. The molecule has 1 amide bonds. The second kappa shape index (κ2) is 7.83. The van der Waals surface area contributed by atoms with Gasteiger partial charge in [0, 0.05) is 19.6 Å². The number of carbonyl (C=O) groups excluding carboxylic acids is 1. The first kappa shape index (κ1) is 17.0. The Kier molecular flexibility index (Phi) is 5.33. The Morgan fingerprint density at radius 3 is 2.48 bits per heavy atom. The van der Waals surface area contributed by atoms with Gasteiger partial charge < -0.3 is 19.7 Å². The lowest BCUT2D eigenvalue weighted by Crippen LogP contribution is -2.25. The van der Waals surface area contributed by atoms with Gasteiger partial charge in [-0.1, -0.05) is 6.07 Å². The summed E-state index contributed by atoms with van der Waals surface area (Å²) in [7, 11) is 3.17. The number of carbonyl (C=O) groups is 1.